The van der Waals surface area contributed by atoms with Crippen molar-refractivity contribution in [2.45, 2.75) is 26.7 Å². The molecule has 0 aliphatic rings. The van der Waals surface area contributed by atoms with Crippen LogP contribution >= 0.6 is 0 Å². The Morgan fingerprint density at radius 2 is 2.11 bits per heavy atom. The van der Waals surface area contributed by atoms with Crippen LogP contribution in [0.2, 0.25) is 0 Å². The second-order valence-electron chi connectivity index (χ2n) is 4.79. The summed E-state index contributed by atoms with van der Waals surface area (Å²) in [7, 11) is 1.99. The van der Waals surface area contributed by atoms with E-state index in [1.165, 1.54) is 0 Å². The standard InChI is InChI=1S/C14H17N5/c1-4-5-12-15-6-7-19(12)14-17-11-8-10(2)9-16-13(11)18(14)3/h6-9H,4-5H2,1-3H3. The van der Waals surface area contributed by atoms with Crippen molar-refractivity contribution < 1.29 is 0 Å². The van der Waals surface area contributed by atoms with E-state index in [1.54, 1.807) is 0 Å². The first-order valence-corrected chi connectivity index (χ1v) is 6.52. The Kier molecular flexibility index (Phi) is 2.81. The summed E-state index contributed by atoms with van der Waals surface area (Å²) in [5, 5.41) is 0. The van der Waals surface area contributed by atoms with Gasteiger partial charge < -0.3 is 0 Å². The predicted octanol–water partition coefficient (Wildman–Crippen LogP) is 2.41. The molecule has 0 aromatic carbocycles. The van der Waals surface area contributed by atoms with Crippen molar-refractivity contribution >= 4 is 11.2 Å². The molecule has 3 aromatic rings. The van der Waals surface area contributed by atoms with Crippen LogP contribution in [0.5, 0.6) is 0 Å². The van der Waals surface area contributed by atoms with Crippen LogP contribution in [0, 0.1) is 6.92 Å². The maximum absolute atomic E-state index is 4.68. The number of pyridine rings is 1. The van der Waals surface area contributed by atoms with Crippen molar-refractivity contribution in [3.8, 4) is 5.95 Å². The molecule has 5 nitrogen and oxygen atoms in total. The summed E-state index contributed by atoms with van der Waals surface area (Å²) in [6.45, 7) is 4.18. The van der Waals surface area contributed by atoms with Gasteiger partial charge in [-0.25, -0.2) is 15.0 Å². The summed E-state index contributed by atoms with van der Waals surface area (Å²) >= 11 is 0. The minimum absolute atomic E-state index is 0.869. The Morgan fingerprint density at radius 3 is 2.89 bits per heavy atom. The number of aromatic nitrogens is 5. The molecule has 0 amide bonds. The number of hydrogen-bond donors (Lipinski definition) is 0. The zero-order valence-electron chi connectivity index (χ0n) is 11.5. The third kappa shape index (κ3) is 1.91. The van der Waals surface area contributed by atoms with Gasteiger partial charge in [-0.3, -0.25) is 9.13 Å². The minimum atomic E-state index is 0.869. The molecule has 98 valence electrons. The van der Waals surface area contributed by atoms with Crippen LogP contribution in [0.25, 0.3) is 17.1 Å². The summed E-state index contributed by atoms with van der Waals surface area (Å²) in [5.41, 5.74) is 2.95. The first kappa shape index (κ1) is 11.9. The van der Waals surface area contributed by atoms with Crippen LogP contribution in [0.15, 0.2) is 24.7 Å². The van der Waals surface area contributed by atoms with Crippen LogP contribution in [0.4, 0.5) is 0 Å². The highest BCUT2D eigenvalue weighted by Gasteiger charge is 2.13. The molecule has 5 heteroatoms. The molecule has 0 spiro atoms. The SMILES string of the molecule is CCCc1nccn1-c1nc2cc(C)cnc2n1C. The van der Waals surface area contributed by atoms with E-state index in [1.807, 2.05) is 41.7 Å². The molecular weight excluding hydrogens is 238 g/mol. The molecule has 0 saturated carbocycles. The maximum Gasteiger partial charge on any atom is 0.217 e. The van der Waals surface area contributed by atoms with E-state index in [-0.39, 0.29) is 0 Å². The summed E-state index contributed by atoms with van der Waals surface area (Å²) in [4.78, 5) is 13.5. The molecule has 0 radical (unpaired) electrons. The van der Waals surface area contributed by atoms with Gasteiger partial charge >= 0.3 is 0 Å². The molecule has 3 rings (SSSR count). The van der Waals surface area contributed by atoms with E-state index >= 15 is 0 Å². The monoisotopic (exact) mass is 255 g/mol. The third-order valence-electron chi connectivity index (χ3n) is 3.23. The summed E-state index contributed by atoms with van der Waals surface area (Å²) < 4.78 is 4.05. The van der Waals surface area contributed by atoms with Crippen molar-refractivity contribution in [1.29, 1.82) is 0 Å². The number of imidazole rings is 2. The third-order valence-corrected chi connectivity index (χ3v) is 3.23. The smallest absolute Gasteiger partial charge is 0.217 e. The lowest BCUT2D eigenvalue weighted by atomic mass is 10.3. The predicted molar refractivity (Wildman–Crippen MR) is 74.4 cm³/mol. The van der Waals surface area contributed by atoms with Gasteiger partial charge in [0.15, 0.2) is 5.65 Å². The van der Waals surface area contributed by atoms with Gasteiger partial charge in [-0.05, 0) is 25.0 Å². The molecule has 3 heterocycles. The highest BCUT2D eigenvalue weighted by Crippen LogP contribution is 2.18. The Labute approximate surface area is 111 Å². The summed E-state index contributed by atoms with van der Waals surface area (Å²) in [5.74, 6) is 1.91. The topological polar surface area (TPSA) is 48.5 Å². The van der Waals surface area contributed by atoms with Crippen LogP contribution < -0.4 is 0 Å². The molecule has 0 fully saturated rings. The molecular formula is C14H17N5. The van der Waals surface area contributed by atoms with Crippen molar-refractivity contribution in [2.24, 2.45) is 7.05 Å². The molecule has 0 unspecified atom stereocenters. The van der Waals surface area contributed by atoms with E-state index in [9.17, 15) is 0 Å². The maximum atomic E-state index is 4.68. The second kappa shape index (κ2) is 4.50. The van der Waals surface area contributed by atoms with E-state index in [4.69, 9.17) is 0 Å². The number of fused-ring (bicyclic) bond motifs is 1. The van der Waals surface area contributed by atoms with Gasteiger partial charge in [0.2, 0.25) is 5.95 Å². The zero-order chi connectivity index (χ0) is 13.4. The Bertz CT molecular complexity index is 723. The lowest BCUT2D eigenvalue weighted by Gasteiger charge is -2.06. The molecule has 3 aromatic heterocycles. The molecule has 0 N–H and O–H groups in total. The molecule has 0 aliphatic heterocycles. The summed E-state index contributed by atoms with van der Waals surface area (Å²) in [6, 6.07) is 2.06. The van der Waals surface area contributed by atoms with Gasteiger partial charge in [0.25, 0.3) is 0 Å². The lowest BCUT2D eigenvalue weighted by molar-refractivity contribution is 0.754. The fraction of sp³-hybridized carbons (Fsp3) is 0.357. The van der Waals surface area contributed by atoms with Crippen LogP contribution in [0.1, 0.15) is 24.7 Å². The van der Waals surface area contributed by atoms with Crippen LogP contribution in [-0.2, 0) is 13.5 Å². The molecule has 0 saturated heterocycles. The summed E-state index contributed by atoms with van der Waals surface area (Å²) in [6.07, 6.45) is 7.66. The molecule has 0 bridgehead atoms. The Hall–Kier alpha value is -2.17. The minimum Gasteiger partial charge on any atom is -0.297 e. The normalized spacial score (nSPS) is 11.3. The van der Waals surface area contributed by atoms with Crippen molar-refractivity contribution in [2.75, 3.05) is 0 Å². The van der Waals surface area contributed by atoms with Crippen molar-refractivity contribution in [3.05, 3.63) is 36.0 Å². The van der Waals surface area contributed by atoms with Gasteiger partial charge in [0, 0.05) is 32.1 Å². The van der Waals surface area contributed by atoms with Crippen molar-refractivity contribution in [3.63, 3.8) is 0 Å². The Morgan fingerprint density at radius 1 is 1.26 bits per heavy atom. The quantitative estimate of drug-likeness (QED) is 0.722. The number of aryl methyl sites for hydroxylation is 3. The first-order valence-electron chi connectivity index (χ1n) is 6.52. The Balaban J connectivity index is 2.19. The van der Waals surface area contributed by atoms with E-state index in [2.05, 4.69) is 27.9 Å². The van der Waals surface area contributed by atoms with E-state index < -0.39 is 0 Å². The molecule has 19 heavy (non-hydrogen) atoms. The van der Waals surface area contributed by atoms with Gasteiger partial charge in [0.1, 0.15) is 11.3 Å². The lowest BCUT2D eigenvalue weighted by Crippen LogP contribution is -2.06. The van der Waals surface area contributed by atoms with Gasteiger partial charge in [-0.1, -0.05) is 6.92 Å². The average molecular weight is 255 g/mol. The average Bonchev–Trinajstić information content (AvgIpc) is 2.95. The van der Waals surface area contributed by atoms with E-state index in [0.717, 1.165) is 41.3 Å². The van der Waals surface area contributed by atoms with Crippen LogP contribution in [0.3, 0.4) is 0 Å². The molecule has 0 aliphatic carbocycles. The second-order valence-corrected chi connectivity index (χ2v) is 4.79. The fourth-order valence-electron chi connectivity index (χ4n) is 2.31. The van der Waals surface area contributed by atoms with Gasteiger partial charge in [-0.15, -0.1) is 0 Å². The van der Waals surface area contributed by atoms with Gasteiger partial charge in [0.05, 0.1) is 0 Å². The highest BCUT2D eigenvalue weighted by molar-refractivity contribution is 5.73. The number of hydrogen-bond acceptors (Lipinski definition) is 3. The van der Waals surface area contributed by atoms with E-state index in [0.29, 0.717) is 0 Å². The number of rotatable bonds is 3. The molecule has 0 atom stereocenters. The largest absolute Gasteiger partial charge is 0.297 e. The van der Waals surface area contributed by atoms with Gasteiger partial charge in [-0.2, -0.15) is 0 Å². The number of nitrogens with zero attached hydrogens (tertiary/aromatic N) is 5. The van der Waals surface area contributed by atoms with Crippen LogP contribution in [-0.4, -0.2) is 24.1 Å². The highest BCUT2D eigenvalue weighted by atomic mass is 15.3. The first-order chi connectivity index (χ1) is 9.20. The fourth-order valence-corrected chi connectivity index (χ4v) is 2.31. The van der Waals surface area contributed by atoms with Crippen molar-refractivity contribution in [1.82, 2.24) is 24.1 Å². The zero-order valence-corrected chi connectivity index (χ0v) is 11.5.